The van der Waals surface area contributed by atoms with Crippen LogP contribution in [0.2, 0.25) is 0 Å². The van der Waals surface area contributed by atoms with Crippen LogP contribution in [-0.4, -0.2) is 35.4 Å². The van der Waals surface area contributed by atoms with Crippen molar-refractivity contribution in [1.29, 1.82) is 0 Å². The second-order valence-corrected chi connectivity index (χ2v) is 10.6. The summed E-state index contributed by atoms with van der Waals surface area (Å²) in [5.74, 6) is -0.545. The van der Waals surface area contributed by atoms with E-state index in [2.05, 4.69) is 47.8 Å². The average molecular weight is 538 g/mol. The van der Waals surface area contributed by atoms with Crippen molar-refractivity contribution in [2.24, 2.45) is 0 Å². The predicted molar refractivity (Wildman–Crippen MR) is 155 cm³/mol. The number of aliphatic carboxylic acids is 1. The molecule has 40 heavy (non-hydrogen) atoms. The second-order valence-electron chi connectivity index (χ2n) is 10.6. The zero-order valence-electron chi connectivity index (χ0n) is 22.6. The molecule has 1 aromatic heterocycles. The molecule has 0 aliphatic carbocycles. The monoisotopic (exact) mass is 537 g/mol. The van der Waals surface area contributed by atoms with E-state index in [0.717, 1.165) is 44.2 Å². The molecule has 2 N–H and O–H groups in total. The maximum Gasteiger partial charge on any atom is 0.408 e. The molecule has 204 valence electrons. The van der Waals surface area contributed by atoms with E-state index in [1.165, 1.54) is 0 Å². The van der Waals surface area contributed by atoms with E-state index < -0.39 is 23.7 Å². The van der Waals surface area contributed by atoms with Gasteiger partial charge in [0.15, 0.2) is 0 Å². The number of fused-ring (bicyclic) bond motifs is 3. The molecular formula is C33H31NO6. The van der Waals surface area contributed by atoms with Gasteiger partial charge in [0.05, 0.1) is 6.61 Å². The number of rotatable bonds is 8. The molecule has 4 aromatic carbocycles. The largest absolute Gasteiger partial charge is 0.493 e. The van der Waals surface area contributed by atoms with Crippen LogP contribution in [0.5, 0.6) is 5.75 Å². The summed E-state index contributed by atoms with van der Waals surface area (Å²) in [6, 6.07) is 29.0. The highest BCUT2D eigenvalue weighted by Crippen LogP contribution is 2.36. The summed E-state index contributed by atoms with van der Waals surface area (Å²) in [5, 5.41) is 14.1. The summed E-state index contributed by atoms with van der Waals surface area (Å²) in [6.07, 6.45) is -0.692. The summed E-state index contributed by atoms with van der Waals surface area (Å²) in [4.78, 5) is 23.6. The van der Waals surface area contributed by atoms with E-state index in [1.807, 2.05) is 48.5 Å². The SMILES string of the molecule is CC(C)(C)OC(=O)NC(CCOc1cccc(-c2ccc(-c3cccc4c3oc3ccccc34)cc2)c1)C(=O)O. The highest BCUT2D eigenvalue weighted by molar-refractivity contribution is 6.09. The molecule has 0 saturated heterocycles. The van der Waals surface area contributed by atoms with Gasteiger partial charge in [-0.15, -0.1) is 0 Å². The van der Waals surface area contributed by atoms with Gasteiger partial charge in [-0.1, -0.05) is 72.8 Å². The molecule has 5 rings (SSSR count). The number of amides is 1. The van der Waals surface area contributed by atoms with Gasteiger partial charge in [0.2, 0.25) is 0 Å². The molecule has 1 amide bonds. The third kappa shape index (κ3) is 6.10. The lowest BCUT2D eigenvalue weighted by atomic mass is 9.99. The number of carboxylic acid groups (broad SMARTS) is 1. The number of hydrogen-bond donors (Lipinski definition) is 2. The molecule has 7 heteroatoms. The number of carbonyl (C=O) groups is 2. The van der Waals surface area contributed by atoms with Gasteiger partial charge in [0, 0.05) is 22.8 Å². The number of carboxylic acids is 1. The van der Waals surface area contributed by atoms with Gasteiger partial charge in [-0.25, -0.2) is 9.59 Å². The first-order chi connectivity index (χ1) is 19.2. The van der Waals surface area contributed by atoms with Gasteiger partial charge in [-0.05, 0) is 55.7 Å². The zero-order chi connectivity index (χ0) is 28.3. The van der Waals surface area contributed by atoms with E-state index in [1.54, 1.807) is 20.8 Å². The Labute approximate surface area is 232 Å². The van der Waals surface area contributed by atoms with Crippen molar-refractivity contribution in [3.05, 3.63) is 91.0 Å². The van der Waals surface area contributed by atoms with Crippen LogP contribution in [0.3, 0.4) is 0 Å². The quantitative estimate of drug-likeness (QED) is 0.211. The summed E-state index contributed by atoms with van der Waals surface area (Å²) in [7, 11) is 0. The van der Waals surface area contributed by atoms with Crippen LogP contribution in [-0.2, 0) is 9.53 Å². The molecule has 0 fully saturated rings. The summed E-state index contributed by atoms with van der Waals surface area (Å²) in [6.45, 7) is 5.25. The lowest BCUT2D eigenvalue weighted by Gasteiger charge is -2.22. The molecule has 0 aliphatic heterocycles. The number of ether oxygens (including phenoxy) is 2. The average Bonchev–Trinajstić information content (AvgIpc) is 3.31. The Balaban J connectivity index is 1.27. The van der Waals surface area contributed by atoms with Crippen molar-refractivity contribution >= 4 is 34.0 Å². The minimum Gasteiger partial charge on any atom is -0.493 e. The van der Waals surface area contributed by atoms with Gasteiger partial charge < -0.3 is 24.3 Å². The highest BCUT2D eigenvalue weighted by Gasteiger charge is 2.24. The Kier molecular flexibility index (Phi) is 7.47. The summed E-state index contributed by atoms with van der Waals surface area (Å²) >= 11 is 0. The maximum atomic E-state index is 12.0. The second kappa shape index (κ2) is 11.1. The molecule has 1 atom stereocenters. The standard InChI is InChI=1S/C33H31NO6/c1-33(2,3)40-32(37)34-28(31(35)36)18-19-38-24-9-6-8-23(20-24)21-14-16-22(17-15-21)25-11-7-12-27-26-10-4-5-13-29(26)39-30(25)27/h4-17,20,28H,18-19H2,1-3H3,(H,34,37)(H,35,36). The first kappa shape index (κ1) is 26.8. The third-order valence-corrected chi connectivity index (χ3v) is 6.43. The van der Waals surface area contributed by atoms with Crippen LogP contribution in [0.25, 0.3) is 44.2 Å². The Hall–Kier alpha value is -4.78. The number of alkyl carbamates (subject to hydrolysis) is 1. The molecule has 0 saturated carbocycles. The fraction of sp³-hybridized carbons (Fsp3) is 0.212. The van der Waals surface area contributed by atoms with Gasteiger partial charge in [0.1, 0.15) is 28.6 Å². The molecule has 0 radical (unpaired) electrons. The number of nitrogens with one attached hydrogen (secondary N) is 1. The van der Waals surface area contributed by atoms with Crippen LogP contribution in [0.4, 0.5) is 4.79 Å². The topological polar surface area (TPSA) is 98.0 Å². The summed E-state index contributed by atoms with van der Waals surface area (Å²) in [5.41, 5.74) is 5.08. The molecule has 7 nitrogen and oxygen atoms in total. The van der Waals surface area contributed by atoms with Crippen LogP contribution in [0.1, 0.15) is 27.2 Å². The lowest BCUT2D eigenvalue weighted by molar-refractivity contribution is -0.139. The van der Waals surface area contributed by atoms with E-state index in [-0.39, 0.29) is 13.0 Å². The third-order valence-electron chi connectivity index (χ3n) is 6.43. The Morgan fingerprint density at radius 1 is 0.850 bits per heavy atom. The number of furan rings is 1. The minimum atomic E-state index is -1.15. The number of para-hydroxylation sites is 2. The van der Waals surface area contributed by atoms with Gasteiger partial charge in [-0.2, -0.15) is 0 Å². The van der Waals surface area contributed by atoms with Crippen molar-refractivity contribution in [2.75, 3.05) is 6.61 Å². The number of carbonyl (C=O) groups excluding carboxylic acids is 1. The van der Waals surface area contributed by atoms with Crippen molar-refractivity contribution in [2.45, 2.75) is 38.8 Å². The van der Waals surface area contributed by atoms with Gasteiger partial charge in [-0.3, -0.25) is 0 Å². The Morgan fingerprint density at radius 2 is 1.55 bits per heavy atom. The van der Waals surface area contributed by atoms with Crippen molar-refractivity contribution < 1.29 is 28.6 Å². The predicted octanol–water partition coefficient (Wildman–Crippen LogP) is 7.67. The van der Waals surface area contributed by atoms with Crippen molar-refractivity contribution in [3.63, 3.8) is 0 Å². The zero-order valence-corrected chi connectivity index (χ0v) is 22.6. The van der Waals surface area contributed by atoms with Crippen molar-refractivity contribution in [1.82, 2.24) is 5.32 Å². The van der Waals surface area contributed by atoms with Gasteiger partial charge in [0.25, 0.3) is 0 Å². The Morgan fingerprint density at radius 3 is 2.30 bits per heavy atom. The Bertz CT molecular complexity index is 1660. The molecule has 1 heterocycles. The molecule has 0 aliphatic rings. The first-order valence-electron chi connectivity index (χ1n) is 13.1. The van der Waals surface area contributed by atoms with Crippen LogP contribution in [0.15, 0.2) is 95.4 Å². The smallest absolute Gasteiger partial charge is 0.408 e. The normalized spacial score (nSPS) is 12.3. The maximum absolute atomic E-state index is 12.0. The van der Waals surface area contributed by atoms with E-state index in [9.17, 15) is 14.7 Å². The fourth-order valence-corrected chi connectivity index (χ4v) is 4.58. The van der Waals surface area contributed by atoms with E-state index in [0.29, 0.717) is 5.75 Å². The van der Waals surface area contributed by atoms with Crippen LogP contribution in [0, 0.1) is 0 Å². The highest BCUT2D eigenvalue weighted by atomic mass is 16.6. The number of hydrogen-bond acceptors (Lipinski definition) is 5. The molecule has 0 spiro atoms. The summed E-state index contributed by atoms with van der Waals surface area (Å²) < 4.78 is 17.2. The van der Waals surface area contributed by atoms with E-state index in [4.69, 9.17) is 13.9 Å². The molecule has 5 aromatic rings. The molecule has 0 bridgehead atoms. The molecular weight excluding hydrogens is 506 g/mol. The number of benzene rings is 4. The van der Waals surface area contributed by atoms with E-state index >= 15 is 0 Å². The minimum absolute atomic E-state index is 0.0842. The van der Waals surface area contributed by atoms with Crippen LogP contribution >= 0.6 is 0 Å². The lowest BCUT2D eigenvalue weighted by Crippen LogP contribution is -2.44. The first-order valence-corrected chi connectivity index (χ1v) is 13.1. The molecule has 1 unspecified atom stereocenters. The fourth-order valence-electron chi connectivity index (χ4n) is 4.58. The van der Waals surface area contributed by atoms with Crippen molar-refractivity contribution in [3.8, 4) is 28.0 Å². The van der Waals surface area contributed by atoms with Crippen LogP contribution < -0.4 is 10.1 Å². The van der Waals surface area contributed by atoms with Gasteiger partial charge >= 0.3 is 12.1 Å².